The van der Waals surface area contributed by atoms with Crippen LogP contribution in [0.2, 0.25) is 10.0 Å². The number of hydrogen-bond donors (Lipinski definition) is 2. The van der Waals surface area contributed by atoms with Crippen molar-refractivity contribution in [1.82, 2.24) is 30.5 Å². The number of hydrogen-bond acceptors (Lipinski definition) is 7. The fourth-order valence-electron chi connectivity index (χ4n) is 4.73. The van der Waals surface area contributed by atoms with E-state index in [9.17, 15) is 0 Å². The van der Waals surface area contributed by atoms with Crippen LogP contribution >= 0.6 is 23.2 Å². The standard InChI is InChI=1S/C26H27Cl2N7O/c1-15(23-20(27)11-29-12-21(23)28)36-18-5-6-22-19(7-18)24(34-33-22)17-9-30-25(31-10-17)35-13-26(2,14-35)32-8-16-3-4-16/h5-7,9-12,15-16,32H,3-4,8,13-14H2,1-2H3,(H,33,34)/t15-/m1/s1. The second kappa shape index (κ2) is 9.18. The van der Waals surface area contributed by atoms with E-state index in [2.05, 4.69) is 42.3 Å². The number of nitrogens with one attached hydrogen (secondary N) is 2. The van der Waals surface area contributed by atoms with E-state index in [1.807, 2.05) is 37.5 Å². The molecule has 2 aliphatic rings. The quantitative estimate of drug-likeness (QED) is 0.317. The van der Waals surface area contributed by atoms with Crippen molar-refractivity contribution in [3.05, 3.63) is 58.6 Å². The van der Waals surface area contributed by atoms with Gasteiger partial charge in [0.2, 0.25) is 5.95 Å². The second-order valence-electron chi connectivity index (χ2n) is 10.1. The number of ether oxygens (including phenoxy) is 1. The van der Waals surface area contributed by atoms with Crippen molar-refractivity contribution in [2.75, 3.05) is 24.5 Å². The van der Waals surface area contributed by atoms with E-state index in [4.69, 9.17) is 27.9 Å². The monoisotopic (exact) mass is 523 g/mol. The Labute approximate surface area is 219 Å². The van der Waals surface area contributed by atoms with Gasteiger partial charge in [0.25, 0.3) is 0 Å². The van der Waals surface area contributed by atoms with Crippen molar-refractivity contribution in [1.29, 1.82) is 0 Å². The van der Waals surface area contributed by atoms with E-state index in [1.54, 1.807) is 12.4 Å². The molecule has 1 aliphatic carbocycles. The Morgan fingerprint density at radius 1 is 1.14 bits per heavy atom. The maximum atomic E-state index is 6.31. The number of aromatic nitrogens is 5. The minimum Gasteiger partial charge on any atom is -0.486 e. The summed E-state index contributed by atoms with van der Waals surface area (Å²) >= 11 is 12.6. The van der Waals surface area contributed by atoms with Crippen LogP contribution in [0.5, 0.6) is 5.75 Å². The molecule has 0 amide bonds. The summed E-state index contributed by atoms with van der Waals surface area (Å²) in [5, 5.41) is 13.2. The molecule has 2 N–H and O–H groups in total. The average molecular weight is 524 g/mol. The topological polar surface area (TPSA) is 91.8 Å². The van der Waals surface area contributed by atoms with Crippen molar-refractivity contribution in [2.45, 2.75) is 38.3 Å². The first-order chi connectivity index (χ1) is 17.4. The summed E-state index contributed by atoms with van der Waals surface area (Å²) in [7, 11) is 0. The number of aromatic amines is 1. The maximum absolute atomic E-state index is 6.31. The molecule has 4 heterocycles. The molecule has 0 radical (unpaired) electrons. The molecule has 0 bridgehead atoms. The molecule has 4 aromatic rings. The number of benzene rings is 1. The molecule has 186 valence electrons. The number of pyridine rings is 1. The highest BCUT2D eigenvalue weighted by atomic mass is 35.5. The van der Waals surface area contributed by atoms with Gasteiger partial charge in [0, 0.05) is 54.4 Å². The molecule has 1 aliphatic heterocycles. The summed E-state index contributed by atoms with van der Waals surface area (Å²) in [4.78, 5) is 15.5. The van der Waals surface area contributed by atoms with E-state index >= 15 is 0 Å². The van der Waals surface area contributed by atoms with Crippen LogP contribution in [-0.4, -0.2) is 50.3 Å². The van der Waals surface area contributed by atoms with Crippen LogP contribution in [-0.2, 0) is 0 Å². The van der Waals surface area contributed by atoms with Gasteiger partial charge in [-0.3, -0.25) is 10.1 Å². The lowest BCUT2D eigenvalue weighted by Crippen LogP contribution is -2.68. The summed E-state index contributed by atoms with van der Waals surface area (Å²) in [6.45, 7) is 7.11. The van der Waals surface area contributed by atoms with Gasteiger partial charge in [-0.25, -0.2) is 9.97 Å². The maximum Gasteiger partial charge on any atom is 0.225 e. The lowest BCUT2D eigenvalue weighted by atomic mass is 9.92. The molecular formula is C26H27Cl2N7O. The number of halogens is 2. The van der Waals surface area contributed by atoms with Gasteiger partial charge in [0.1, 0.15) is 17.5 Å². The second-order valence-corrected chi connectivity index (χ2v) is 10.9. The SMILES string of the molecule is C[C@@H](Oc1ccc2[nH]nc(-c3cnc(N4CC(C)(NCC5CC5)C4)nc3)c2c1)c1c(Cl)cncc1Cl. The van der Waals surface area contributed by atoms with Crippen LogP contribution in [0, 0.1) is 5.92 Å². The molecule has 1 aromatic carbocycles. The highest BCUT2D eigenvalue weighted by Crippen LogP contribution is 2.35. The summed E-state index contributed by atoms with van der Waals surface area (Å²) < 4.78 is 6.18. The first-order valence-electron chi connectivity index (χ1n) is 12.1. The van der Waals surface area contributed by atoms with E-state index in [1.165, 1.54) is 12.8 Å². The molecule has 6 rings (SSSR count). The smallest absolute Gasteiger partial charge is 0.225 e. The van der Waals surface area contributed by atoms with Crippen molar-refractivity contribution in [2.24, 2.45) is 5.92 Å². The van der Waals surface area contributed by atoms with Crippen molar-refractivity contribution < 1.29 is 4.74 Å². The van der Waals surface area contributed by atoms with Gasteiger partial charge in [-0.05, 0) is 57.4 Å². The fraction of sp³-hybridized carbons (Fsp3) is 0.385. The third-order valence-electron chi connectivity index (χ3n) is 6.93. The normalized spacial score (nSPS) is 17.7. The van der Waals surface area contributed by atoms with Crippen LogP contribution in [0.15, 0.2) is 43.0 Å². The Morgan fingerprint density at radius 3 is 2.56 bits per heavy atom. The number of rotatable bonds is 8. The van der Waals surface area contributed by atoms with Crippen LogP contribution in [0.25, 0.3) is 22.2 Å². The minimum absolute atomic E-state index is 0.140. The largest absolute Gasteiger partial charge is 0.486 e. The van der Waals surface area contributed by atoms with Crippen molar-refractivity contribution >= 4 is 40.1 Å². The van der Waals surface area contributed by atoms with Gasteiger partial charge < -0.3 is 15.0 Å². The molecule has 0 unspecified atom stereocenters. The molecule has 2 fully saturated rings. The number of fused-ring (bicyclic) bond motifs is 1. The third kappa shape index (κ3) is 4.61. The zero-order valence-corrected chi connectivity index (χ0v) is 21.6. The zero-order valence-electron chi connectivity index (χ0n) is 20.1. The van der Waals surface area contributed by atoms with Crippen molar-refractivity contribution in [3.63, 3.8) is 0 Å². The zero-order chi connectivity index (χ0) is 24.9. The molecular weight excluding hydrogens is 497 g/mol. The summed E-state index contributed by atoms with van der Waals surface area (Å²) in [5.41, 5.74) is 3.35. The van der Waals surface area contributed by atoms with Crippen molar-refractivity contribution in [3.8, 4) is 17.0 Å². The van der Waals surface area contributed by atoms with E-state index in [0.29, 0.717) is 21.4 Å². The predicted octanol–water partition coefficient (Wildman–Crippen LogP) is 5.44. The Bertz CT molecular complexity index is 1380. The molecule has 3 aromatic heterocycles. The molecule has 8 nitrogen and oxygen atoms in total. The Hall–Kier alpha value is -2.94. The number of nitrogens with zero attached hydrogens (tertiary/aromatic N) is 5. The first kappa shape index (κ1) is 23.5. The fourth-order valence-corrected chi connectivity index (χ4v) is 5.40. The summed E-state index contributed by atoms with van der Waals surface area (Å²) in [5.74, 6) is 2.29. The Kier molecular flexibility index (Phi) is 5.98. The van der Waals surface area contributed by atoms with Crippen LogP contribution < -0.4 is 15.0 Å². The number of H-pyrrole nitrogens is 1. The van der Waals surface area contributed by atoms with Gasteiger partial charge in [0.05, 0.1) is 21.1 Å². The summed E-state index contributed by atoms with van der Waals surface area (Å²) in [6, 6.07) is 5.78. The lowest BCUT2D eigenvalue weighted by molar-refractivity contribution is 0.227. The van der Waals surface area contributed by atoms with Gasteiger partial charge in [-0.2, -0.15) is 5.10 Å². The third-order valence-corrected chi connectivity index (χ3v) is 7.54. The summed E-state index contributed by atoms with van der Waals surface area (Å²) in [6.07, 6.45) is 9.16. The lowest BCUT2D eigenvalue weighted by Gasteiger charge is -2.48. The van der Waals surface area contributed by atoms with Gasteiger partial charge >= 0.3 is 0 Å². The first-order valence-corrected chi connectivity index (χ1v) is 12.9. The Balaban J connectivity index is 1.18. The highest BCUT2D eigenvalue weighted by molar-refractivity contribution is 6.35. The van der Waals surface area contributed by atoms with Gasteiger partial charge in [-0.1, -0.05) is 23.2 Å². The van der Waals surface area contributed by atoms with E-state index in [-0.39, 0.29) is 11.6 Å². The molecule has 1 atom stereocenters. The molecule has 1 saturated heterocycles. The molecule has 36 heavy (non-hydrogen) atoms. The van der Waals surface area contributed by atoms with Crippen LogP contribution in [0.4, 0.5) is 5.95 Å². The molecule has 1 saturated carbocycles. The number of anilines is 1. The Morgan fingerprint density at radius 2 is 1.86 bits per heavy atom. The van der Waals surface area contributed by atoms with Gasteiger partial charge in [-0.15, -0.1) is 0 Å². The van der Waals surface area contributed by atoms with Gasteiger partial charge in [0.15, 0.2) is 0 Å². The average Bonchev–Trinajstić information content (AvgIpc) is 3.59. The molecule has 10 heteroatoms. The highest BCUT2D eigenvalue weighted by Gasteiger charge is 2.40. The minimum atomic E-state index is -0.357. The predicted molar refractivity (Wildman–Crippen MR) is 142 cm³/mol. The van der Waals surface area contributed by atoms with E-state index in [0.717, 1.165) is 53.7 Å². The van der Waals surface area contributed by atoms with Crippen LogP contribution in [0.1, 0.15) is 38.4 Å². The van der Waals surface area contributed by atoms with Crippen LogP contribution in [0.3, 0.4) is 0 Å². The van der Waals surface area contributed by atoms with E-state index < -0.39 is 0 Å². The molecule has 0 spiro atoms.